The fourth-order valence-electron chi connectivity index (χ4n) is 1.45. The first-order chi connectivity index (χ1) is 8.47. The number of hydrogen-bond acceptors (Lipinski definition) is 4. The monoisotopic (exact) mass is 252 g/mol. The molecule has 1 rings (SSSR count). The summed E-state index contributed by atoms with van der Waals surface area (Å²) < 4.78 is 5.51. The summed E-state index contributed by atoms with van der Waals surface area (Å²) in [4.78, 5) is 4.06. The molecule has 0 saturated heterocycles. The van der Waals surface area contributed by atoms with Crippen molar-refractivity contribution in [2.24, 2.45) is 0 Å². The van der Waals surface area contributed by atoms with E-state index in [9.17, 15) is 5.11 Å². The average Bonchev–Trinajstić information content (AvgIpc) is 2.33. The summed E-state index contributed by atoms with van der Waals surface area (Å²) in [5, 5.41) is 12.9. The molecule has 0 fully saturated rings. The lowest BCUT2D eigenvalue weighted by molar-refractivity contribution is -0.0477. The van der Waals surface area contributed by atoms with Crippen LogP contribution >= 0.6 is 0 Å². The zero-order valence-corrected chi connectivity index (χ0v) is 11.5. The Kier molecular flexibility index (Phi) is 6.25. The summed E-state index contributed by atoms with van der Waals surface area (Å²) >= 11 is 0. The molecule has 0 amide bonds. The Bertz CT molecular complexity index is 322. The van der Waals surface area contributed by atoms with Gasteiger partial charge < -0.3 is 15.2 Å². The Hall–Kier alpha value is -0.970. The Morgan fingerprint density at radius 2 is 2.22 bits per heavy atom. The van der Waals surface area contributed by atoms with Crippen LogP contribution in [0.25, 0.3) is 0 Å². The van der Waals surface area contributed by atoms with E-state index in [4.69, 9.17) is 4.74 Å². The molecule has 2 N–H and O–H groups in total. The fourth-order valence-corrected chi connectivity index (χ4v) is 1.45. The number of pyridine rings is 1. The molecule has 0 spiro atoms. The van der Waals surface area contributed by atoms with E-state index < -0.39 is 6.10 Å². The molecule has 0 radical (unpaired) electrons. The van der Waals surface area contributed by atoms with Crippen LogP contribution in [0.4, 0.5) is 0 Å². The van der Waals surface area contributed by atoms with E-state index >= 15 is 0 Å². The van der Waals surface area contributed by atoms with Gasteiger partial charge in [-0.05, 0) is 45.4 Å². The summed E-state index contributed by atoms with van der Waals surface area (Å²) in [6, 6.07) is 3.98. The van der Waals surface area contributed by atoms with Gasteiger partial charge in [0.25, 0.3) is 0 Å². The van der Waals surface area contributed by atoms with Crippen LogP contribution in [0, 0.1) is 0 Å². The quantitative estimate of drug-likeness (QED) is 0.720. The number of nitrogens with zero attached hydrogens (tertiary/aromatic N) is 1. The highest BCUT2D eigenvalue weighted by Gasteiger charge is 2.13. The van der Waals surface area contributed by atoms with E-state index in [1.165, 1.54) is 5.56 Å². The van der Waals surface area contributed by atoms with Crippen LogP contribution in [-0.4, -0.2) is 41.5 Å². The van der Waals surface area contributed by atoms with Gasteiger partial charge in [0.05, 0.1) is 18.3 Å². The van der Waals surface area contributed by atoms with E-state index in [0.717, 1.165) is 13.0 Å². The Morgan fingerprint density at radius 3 is 2.83 bits per heavy atom. The van der Waals surface area contributed by atoms with Crippen LogP contribution in [0.2, 0.25) is 0 Å². The van der Waals surface area contributed by atoms with Gasteiger partial charge >= 0.3 is 0 Å². The molecule has 4 nitrogen and oxygen atoms in total. The molecule has 1 heterocycles. The van der Waals surface area contributed by atoms with Crippen LogP contribution in [0.5, 0.6) is 0 Å². The molecule has 1 atom stereocenters. The minimum Gasteiger partial charge on any atom is -0.389 e. The molecule has 1 aromatic rings. The second-order valence-electron chi connectivity index (χ2n) is 5.39. The molecule has 18 heavy (non-hydrogen) atoms. The van der Waals surface area contributed by atoms with E-state index in [2.05, 4.69) is 10.3 Å². The minimum absolute atomic E-state index is 0.198. The van der Waals surface area contributed by atoms with Crippen LogP contribution in [0.1, 0.15) is 26.3 Å². The highest BCUT2D eigenvalue weighted by molar-refractivity contribution is 5.08. The lowest BCUT2D eigenvalue weighted by Gasteiger charge is -2.22. The summed E-state index contributed by atoms with van der Waals surface area (Å²) in [7, 11) is 0. The molecule has 0 aromatic carbocycles. The molecule has 0 aliphatic carbocycles. The fraction of sp³-hybridized carbons (Fsp3) is 0.643. The highest BCUT2D eigenvalue weighted by atomic mass is 16.5. The van der Waals surface area contributed by atoms with Gasteiger partial charge in [-0.25, -0.2) is 0 Å². The maximum Gasteiger partial charge on any atom is 0.0897 e. The number of ether oxygens (including phenoxy) is 1. The van der Waals surface area contributed by atoms with Crippen LogP contribution in [0.3, 0.4) is 0 Å². The Balaban J connectivity index is 2.07. The number of rotatable bonds is 7. The topological polar surface area (TPSA) is 54.4 Å². The maximum atomic E-state index is 9.71. The van der Waals surface area contributed by atoms with E-state index in [1.54, 1.807) is 6.20 Å². The van der Waals surface area contributed by atoms with Crippen molar-refractivity contribution in [3.63, 3.8) is 0 Å². The third-order valence-corrected chi connectivity index (χ3v) is 2.40. The number of hydrogen-bond donors (Lipinski definition) is 2. The molecule has 102 valence electrons. The van der Waals surface area contributed by atoms with Gasteiger partial charge in [0.1, 0.15) is 0 Å². The SMILES string of the molecule is CC(C)(C)OCC(O)CNCCc1cccnc1. The highest BCUT2D eigenvalue weighted by Crippen LogP contribution is 2.06. The standard InChI is InChI=1S/C14H24N2O2/c1-14(2,3)18-11-13(17)10-16-8-6-12-5-4-7-15-9-12/h4-5,7,9,13,16-17H,6,8,10-11H2,1-3H3. The van der Waals surface area contributed by atoms with Crippen molar-refractivity contribution in [1.29, 1.82) is 0 Å². The lowest BCUT2D eigenvalue weighted by atomic mass is 10.2. The van der Waals surface area contributed by atoms with Gasteiger partial charge in [0, 0.05) is 18.9 Å². The normalized spacial score (nSPS) is 13.6. The molecule has 4 heteroatoms. The summed E-state index contributed by atoms with van der Waals surface area (Å²) in [5.74, 6) is 0. The lowest BCUT2D eigenvalue weighted by Crippen LogP contribution is -2.34. The Morgan fingerprint density at radius 1 is 1.44 bits per heavy atom. The van der Waals surface area contributed by atoms with E-state index in [0.29, 0.717) is 13.2 Å². The molecule has 0 saturated carbocycles. The van der Waals surface area contributed by atoms with Crippen molar-refractivity contribution in [1.82, 2.24) is 10.3 Å². The molecule has 1 unspecified atom stereocenters. The largest absolute Gasteiger partial charge is 0.389 e. The number of aliphatic hydroxyl groups is 1. The third-order valence-electron chi connectivity index (χ3n) is 2.40. The molecular weight excluding hydrogens is 228 g/mol. The van der Waals surface area contributed by atoms with Crippen molar-refractivity contribution >= 4 is 0 Å². The number of aliphatic hydroxyl groups excluding tert-OH is 1. The van der Waals surface area contributed by atoms with E-state index in [1.807, 2.05) is 39.1 Å². The summed E-state index contributed by atoms with van der Waals surface area (Å²) in [6.07, 6.45) is 4.09. The average molecular weight is 252 g/mol. The van der Waals surface area contributed by atoms with Crippen LogP contribution in [-0.2, 0) is 11.2 Å². The van der Waals surface area contributed by atoms with Crippen molar-refractivity contribution < 1.29 is 9.84 Å². The van der Waals surface area contributed by atoms with Gasteiger partial charge in [-0.2, -0.15) is 0 Å². The third kappa shape index (κ3) is 7.37. The van der Waals surface area contributed by atoms with Gasteiger partial charge in [-0.1, -0.05) is 6.07 Å². The summed E-state index contributed by atoms with van der Waals surface area (Å²) in [6.45, 7) is 7.69. The molecule has 0 aliphatic rings. The van der Waals surface area contributed by atoms with Crippen molar-refractivity contribution in [2.45, 2.75) is 38.9 Å². The zero-order chi connectivity index (χ0) is 13.4. The first-order valence-electron chi connectivity index (χ1n) is 6.39. The predicted octanol–water partition coefficient (Wildman–Crippen LogP) is 1.39. The number of nitrogens with one attached hydrogen (secondary N) is 1. The second kappa shape index (κ2) is 7.46. The van der Waals surface area contributed by atoms with Crippen LogP contribution < -0.4 is 5.32 Å². The van der Waals surface area contributed by atoms with Crippen molar-refractivity contribution in [3.8, 4) is 0 Å². The number of aromatic nitrogens is 1. The first-order valence-corrected chi connectivity index (χ1v) is 6.39. The molecular formula is C14H24N2O2. The second-order valence-corrected chi connectivity index (χ2v) is 5.39. The molecule has 0 bridgehead atoms. The smallest absolute Gasteiger partial charge is 0.0897 e. The van der Waals surface area contributed by atoms with Crippen molar-refractivity contribution in [3.05, 3.63) is 30.1 Å². The molecule has 0 aliphatic heterocycles. The van der Waals surface area contributed by atoms with Crippen LogP contribution in [0.15, 0.2) is 24.5 Å². The zero-order valence-electron chi connectivity index (χ0n) is 11.5. The van der Waals surface area contributed by atoms with Crippen molar-refractivity contribution in [2.75, 3.05) is 19.7 Å². The van der Waals surface area contributed by atoms with Gasteiger partial charge in [0.2, 0.25) is 0 Å². The van der Waals surface area contributed by atoms with Gasteiger partial charge in [-0.15, -0.1) is 0 Å². The minimum atomic E-state index is -0.460. The predicted molar refractivity (Wildman–Crippen MR) is 72.5 cm³/mol. The maximum absolute atomic E-state index is 9.71. The first kappa shape index (κ1) is 15.1. The summed E-state index contributed by atoms with van der Waals surface area (Å²) in [5.41, 5.74) is 1.00. The van der Waals surface area contributed by atoms with Gasteiger partial charge in [0.15, 0.2) is 0 Å². The Labute approximate surface area is 109 Å². The van der Waals surface area contributed by atoms with E-state index in [-0.39, 0.29) is 5.60 Å². The van der Waals surface area contributed by atoms with Gasteiger partial charge in [-0.3, -0.25) is 4.98 Å². The molecule has 1 aromatic heterocycles.